The molecule has 0 saturated carbocycles. The van der Waals surface area contributed by atoms with Gasteiger partial charge >= 0.3 is 0 Å². The van der Waals surface area contributed by atoms with Gasteiger partial charge in [-0.05, 0) is 37.2 Å². The Morgan fingerprint density at radius 3 is 0.808 bits per heavy atom. The van der Waals surface area contributed by atoms with E-state index in [0.717, 1.165) is 0 Å². The molecule has 0 amide bonds. The number of aryl methyl sites for hydroxylation is 2. The zero-order valence-electron chi connectivity index (χ0n) is 34.1. The normalized spacial score (nSPS) is 11.0. The average Bonchev–Trinajstić information content (AvgIpc) is 3.14. The monoisotopic (exact) mass is 980 g/mol. The molecule has 2 heterocycles. The summed E-state index contributed by atoms with van der Waals surface area (Å²) in [6.07, 6.45) is 51.7. The van der Waals surface area contributed by atoms with Gasteiger partial charge in [0.25, 0.3) is 0 Å². The highest BCUT2D eigenvalue weighted by molar-refractivity contribution is 7.99. The molecular weight excluding hydrogens is 898 g/mol. The minimum Gasteiger partial charge on any atom is -1.00 e. The van der Waals surface area contributed by atoms with Crippen LogP contribution in [0.1, 0.15) is 206 Å². The van der Waals surface area contributed by atoms with Crippen LogP contribution in [0, 0.1) is 0 Å². The van der Waals surface area contributed by atoms with Crippen molar-refractivity contribution >= 4 is 23.5 Å². The first-order valence-electron chi connectivity index (χ1n) is 22.1. The quantitative estimate of drug-likeness (QED) is 0.0290. The van der Waals surface area contributed by atoms with E-state index in [9.17, 15) is 0 Å². The molecule has 0 atom stereocenters. The maximum absolute atomic E-state index is 2.38. The maximum atomic E-state index is 2.38. The minimum absolute atomic E-state index is 0. The van der Waals surface area contributed by atoms with E-state index in [0.29, 0.717) is 0 Å². The minimum atomic E-state index is 0. The summed E-state index contributed by atoms with van der Waals surface area (Å²) in [5, 5.41) is 0. The third-order valence-corrected chi connectivity index (χ3v) is 12.5. The third-order valence-electron chi connectivity index (χ3n) is 10.3. The number of rotatable bonds is 37. The van der Waals surface area contributed by atoms with Crippen LogP contribution in [-0.4, -0.2) is 11.5 Å². The lowest BCUT2D eigenvalue weighted by Gasteiger charge is -2.04. The van der Waals surface area contributed by atoms with E-state index in [1.165, 1.54) is 227 Å². The predicted molar refractivity (Wildman–Crippen MR) is 225 cm³/mol. The van der Waals surface area contributed by atoms with Gasteiger partial charge in [-0.15, -0.1) is 23.5 Å². The molecule has 0 radical (unpaired) electrons. The van der Waals surface area contributed by atoms with Gasteiger partial charge < -0.3 is 48.0 Å². The Morgan fingerprint density at radius 2 is 0.558 bits per heavy atom. The summed E-state index contributed by atoms with van der Waals surface area (Å²) in [6.45, 7) is 6.94. The van der Waals surface area contributed by atoms with E-state index in [2.05, 4.69) is 72.0 Å². The van der Waals surface area contributed by atoms with Gasteiger partial charge in [0, 0.05) is 46.9 Å². The van der Waals surface area contributed by atoms with Crippen LogP contribution in [0.2, 0.25) is 0 Å². The highest BCUT2D eigenvalue weighted by Gasteiger charge is 2.04. The Bertz CT molecular complexity index is 894. The Balaban J connectivity index is 0.0000130. The van der Waals surface area contributed by atoms with Crippen molar-refractivity contribution in [3.8, 4) is 0 Å². The van der Waals surface area contributed by atoms with Crippen molar-refractivity contribution in [1.82, 2.24) is 0 Å². The second kappa shape index (κ2) is 41.1. The van der Waals surface area contributed by atoms with Gasteiger partial charge in [0.1, 0.15) is 13.1 Å². The zero-order chi connectivity index (χ0) is 35.4. The topological polar surface area (TPSA) is 7.76 Å². The second-order valence-corrected chi connectivity index (χ2v) is 17.5. The number of pyridine rings is 2. The lowest BCUT2D eigenvalue weighted by Crippen LogP contribution is -3.00. The molecule has 0 spiro atoms. The van der Waals surface area contributed by atoms with E-state index in [-0.39, 0.29) is 48.0 Å². The molecule has 52 heavy (non-hydrogen) atoms. The summed E-state index contributed by atoms with van der Waals surface area (Å²) >= 11 is 4.04. The fourth-order valence-electron chi connectivity index (χ4n) is 6.94. The number of hydrogen-bond acceptors (Lipinski definition) is 2. The van der Waals surface area contributed by atoms with Crippen molar-refractivity contribution in [1.29, 1.82) is 0 Å². The molecule has 0 aliphatic heterocycles. The van der Waals surface area contributed by atoms with Gasteiger partial charge in [-0.2, -0.15) is 0 Å². The summed E-state index contributed by atoms with van der Waals surface area (Å²) in [4.78, 5) is 2.84. The molecule has 0 saturated heterocycles. The molecule has 6 heteroatoms. The van der Waals surface area contributed by atoms with Crippen LogP contribution in [0.4, 0.5) is 0 Å². The van der Waals surface area contributed by atoms with E-state index >= 15 is 0 Å². The van der Waals surface area contributed by atoms with Crippen LogP contribution in [0.3, 0.4) is 0 Å². The first-order chi connectivity index (χ1) is 24.8. The number of unbranched alkanes of at least 4 members (excludes halogenated alkanes) is 27. The highest BCUT2D eigenvalue weighted by atomic mass is 127. The number of halogens is 2. The Labute approximate surface area is 367 Å². The Kier molecular flexibility index (Phi) is 41.5. The van der Waals surface area contributed by atoms with Crippen LogP contribution < -0.4 is 57.1 Å². The molecule has 0 unspecified atom stereocenters. The molecule has 2 nitrogen and oxygen atoms in total. The van der Waals surface area contributed by atoms with E-state index in [1.54, 1.807) is 0 Å². The lowest BCUT2D eigenvalue weighted by atomic mass is 10.0. The third kappa shape index (κ3) is 32.7. The molecule has 2 aromatic heterocycles. The summed E-state index contributed by atoms with van der Waals surface area (Å²) in [7, 11) is 0. The smallest absolute Gasteiger partial charge is 0.169 e. The summed E-state index contributed by atoms with van der Waals surface area (Å²) in [5.41, 5.74) is 0. The number of hydrogen-bond donors (Lipinski definition) is 0. The first kappa shape index (κ1) is 52.5. The van der Waals surface area contributed by atoms with Gasteiger partial charge in [-0.3, -0.25) is 0 Å². The van der Waals surface area contributed by atoms with Crippen LogP contribution >= 0.6 is 23.5 Å². The van der Waals surface area contributed by atoms with Crippen molar-refractivity contribution in [3.63, 3.8) is 0 Å². The Morgan fingerprint density at radius 1 is 0.327 bits per heavy atom. The highest BCUT2D eigenvalue weighted by Crippen LogP contribution is 2.21. The standard InChI is InChI=1S/C46H82N2S2.2HI/c1-3-5-7-9-11-13-15-17-19-21-23-25-27-29-37-47-39-33-45(34-40-47)49-43-31-32-44-50-46-35-41-48(42-36-46)38-30-28-26-24-22-20-18-16-14-12-10-8-6-4-2;;/h33-36,39-42H,3-32,37-38,43-44H2,1-2H3;2*1H/q+2;;/p-2. The van der Waals surface area contributed by atoms with Gasteiger partial charge in [-0.1, -0.05) is 168 Å². The molecular formula is C46H82I2N2S2. The first-order valence-corrected chi connectivity index (χ1v) is 24.0. The zero-order valence-corrected chi connectivity index (χ0v) is 40.1. The molecule has 0 aliphatic carbocycles. The molecule has 302 valence electrons. The predicted octanol–water partition coefficient (Wildman–Crippen LogP) is 8.90. The maximum Gasteiger partial charge on any atom is 0.169 e. The van der Waals surface area contributed by atoms with Gasteiger partial charge in [0.05, 0.1) is 0 Å². The van der Waals surface area contributed by atoms with Gasteiger partial charge in [0.2, 0.25) is 0 Å². The van der Waals surface area contributed by atoms with E-state index in [1.807, 2.05) is 23.5 Å². The van der Waals surface area contributed by atoms with E-state index in [4.69, 9.17) is 0 Å². The SMILES string of the molecule is CCCCCCCCCCCCCCCC[n+]1ccc(SCCCCSc2cc[n+](CCCCCCCCCCCCCCCC)cc2)cc1.[I-].[I-]. The van der Waals surface area contributed by atoms with Crippen LogP contribution in [0.5, 0.6) is 0 Å². The number of thioether (sulfide) groups is 2. The van der Waals surface area contributed by atoms with Crippen molar-refractivity contribution in [2.24, 2.45) is 0 Å². The van der Waals surface area contributed by atoms with Crippen molar-refractivity contribution < 1.29 is 57.1 Å². The fraction of sp³-hybridized carbons (Fsp3) is 0.783. The summed E-state index contributed by atoms with van der Waals surface area (Å²) < 4.78 is 4.76. The molecule has 0 aromatic carbocycles. The number of nitrogens with zero attached hydrogens (tertiary/aromatic N) is 2. The molecule has 0 fully saturated rings. The molecule has 0 bridgehead atoms. The summed E-state index contributed by atoms with van der Waals surface area (Å²) in [6, 6.07) is 9.28. The van der Waals surface area contributed by atoms with Crippen LogP contribution in [0.15, 0.2) is 58.8 Å². The Hall–Kier alpha value is 0.460. The second-order valence-electron chi connectivity index (χ2n) is 15.1. The number of aromatic nitrogens is 2. The fourth-order valence-corrected chi connectivity index (χ4v) is 8.74. The van der Waals surface area contributed by atoms with Crippen LogP contribution in [-0.2, 0) is 13.1 Å². The van der Waals surface area contributed by atoms with Crippen molar-refractivity contribution in [2.45, 2.75) is 229 Å². The van der Waals surface area contributed by atoms with Gasteiger partial charge in [0.15, 0.2) is 24.8 Å². The average molecular weight is 981 g/mol. The largest absolute Gasteiger partial charge is 1.00 e. The molecule has 2 rings (SSSR count). The van der Waals surface area contributed by atoms with Gasteiger partial charge in [-0.25, -0.2) is 9.13 Å². The lowest BCUT2D eigenvalue weighted by molar-refractivity contribution is -0.697. The molecule has 0 N–H and O–H groups in total. The van der Waals surface area contributed by atoms with Crippen molar-refractivity contribution in [3.05, 3.63) is 49.1 Å². The summed E-state index contributed by atoms with van der Waals surface area (Å²) in [5.74, 6) is 2.44. The van der Waals surface area contributed by atoms with Crippen LogP contribution in [0.25, 0.3) is 0 Å². The molecule has 2 aromatic rings. The van der Waals surface area contributed by atoms with Crippen molar-refractivity contribution in [2.75, 3.05) is 11.5 Å². The van der Waals surface area contributed by atoms with E-state index < -0.39 is 0 Å². The molecule has 0 aliphatic rings.